The number of nitrogens with zero attached hydrogens (tertiary/aromatic N) is 2. The maximum absolute atomic E-state index is 11.5. The number of nitrogens with one attached hydrogen (secondary N) is 1. The van der Waals surface area contributed by atoms with Crippen molar-refractivity contribution in [3.05, 3.63) is 0 Å². The third kappa shape index (κ3) is 3.30. The second-order valence-electron chi connectivity index (χ2n) is 3.29. The average molecular weight is 187 g/mol. The third-order valence-corrected chi connectivity index (χ3v) is 2.12. The van der Waals surface area contributed by atoms with Crippen LogP contribution in [-0.4, -0.2) is 67.3 Å². The number of carbonyl (C=O) groups is 1. The van der Waals surface area contributed by atoms with Crippen LogP contribution in [0, 0.1) is 0 Å². The van der Waals surface area contributed by atoms with E-state index in [1.807, 2.05) is 4.90 Å². The van der Waals surface area contributed by atoms with Crippen LogP contribution in [0.2, 0.25) is 0 Å². The molecule has 0 saturated carbocycles. The number of hydrogen-bond donors (Lipinski definition) is 2. The van der Waals surface area contributed by atoms with E-state index in [1.165, 1.54) is 0 Å². The van der Waals surface area contributed by atoms with E-state index in [9.17, 15) is 4.79 Å². The molecule has 1 heterocycles. The normalized spacial score (nSPS) is 17.9. The molecule has 0 unspecified atom stereocenters. The van der Waals surface area contributed by atoms with Gasteiger partial charge in [-0.1, -0.05) is 0 Å². The lowest BCUT2D eigenvalue weighted by Gasteiger charge is -2.28. The number of amides is 1. The number of rotatable bonds is 3. The first-order chi connectivity index (χ1) is 6.24. The number of aliphatic hydroxyl groups is 1. The molecule has 0 aliphatic carbocycles. The van der Waals surface area contributed by atoms with Gasteiger partial charge in [0.05, 0.1) is 13.3 Å². The van der Waals surface area contributed by atoms with Gasteiger partial charge in [0.15, 0.2) is 0 Å². The maximum Gasteiger partial charge on any atom is 0.236 e. The van der Waals surface area contributed by atoms with Gasteiger partial charge >= 0.3 is 0 Å². The summed E-state index contributed by atoms with van der Waals surface area (Å²) >= 11 is 0. The Kier molecular flexibility index (Phi) is 4.14. The van der Waals surface area contributed by atoms with E-state index in [0.717, 1.165) is 26.2 Å². The van der Waals surface area contributed by atoms with Crippen molar-refractivity contribution in [3.63, 3.8) is 0 Å². The van der Waals surface area contributed by atoms with Gasteiger partial charge in [-0.25, -0.2) is 0 Å². The topological polar surface area (TPSA) is 55.8 Å². The summed E-state index contributed by atoms with van der Waals surface area (Å²) < 4.78 is 0. The van der Waals surface area contributed by atoms with Crippen LogP contribution in [0.4, 0.5) is 0 Å². The van der Waals surface area contributed by atoms with E-state index in [0.29, 0.717) is 6.54 Å². The van der Waals surface area contributed by atoms with Crippen LogP contribution in [0.5, 0.6) is 0 Å². The van der Waals surface area contributed by atoms with Crippen molar-refractivity contribution in [3.8, 4) is 0 Å². The summed E-state index contributed by atoms with van der Waals surface area (Å²) in [5, 5.41) is 11.9. The fourth-order valence-electron chi connectivity index (χ4n) is 1.30. The molecule has 1 saturated heterocycles. The Morgan fingerprint density at radius 1 is 1.54 bits per heavy atom. The molecule has 76 valence electrons. The van der Waals surface area contributed by atoms with Gasteiger partial charge in [-0.3, -0.25) is 9.69 Å². The molecule has 1 fully saturated rings. The summed E-state index contributed by atoms with van der Waals surface area (Å²) in [4.78, 5) is 14.9. The Morgan fingerprint density at radius 3 is 2.69 bits per heavy atom. The fraction of sp³-hybridized carbons (Fsp3) is 0.875. The van der Waals surface area contributed by atoms with E-state index in [1.54, 1.807) is 11.9 Å². The smallest absolute Gasteiger partial charge is 0.236 e. The van der Waals surface area contributed by atoms with Crippen molar-refractivity contribution in [2.75, 3.05) is 46.5 Å². The highest BCUT2D eigenvalue weighted by Crippen LogP contribution is 1.94. The summed E-state index contributed by atoms with van der Waals surface area (Å²) in [7, 11) is 1.72. The first-order valence-corrected chi connectivity index (χ1v) is 4.52. The number of aliphatic hydroxyl groups excluding tert-OH is 1. The Hall–Kier alpha value is -0.650. The molecule has 2 N–H and O–H groups in total. The molecule has 0 spiro atoms. The minimum atomic E-state index is -0.0716. The Bertz CT molecular complexity index is 169. The molecule has 0 radical (unpaired) electrons. The first-order valence-electron chi connectivity index (χ1n) is 4.52. The second kappa shape index (κ2) is 5.16. The van der Waals surface area contributed by atoms with E-state index in [-0.39, 0.29) is 12.6 Å². The van der Waals surface area contributed by atoms with Gasteiger partial charge in [0.2, 0.25) is 5.91 Å². The zero-order valence-corrected chi connectivity index (χ0v) is 7.99. The number of piperazine rings is 1. The minimum Gasteiger partial charge on any atom is -0.381 e. The second-order valence-corrected chi connectivity index (χ2v) is 3.29. The minimum absolute atomic E-state index is 0.0716. The quantitative estimate of drug-likeness (QED) is 0.517. The summed E-state index contributed by atoms with van der Waals surface area (Å²) in [6.45, 7) is 3.52. The Labute approximate surface area is 78.3 Å². The van der Waals surface area contributed by atoms with E-state index >= 15 is 0 Å². The number of hydrogen-bond acceptors (Lipinski definition) is 4. The van der Waals surface area contributed by atoms with Gasteiger partial charge in [0.1, 0.15) is 0 Å². The number of likely N-dealkylation sites (N-methyl/N-ethyl adjacent to an activating group) is 1. The van der Waals surface area contributed by atoms with Crippen LogP contribution in [-0.2, 0) is 4.79 Å². The molecule has 5 heteroatoms. The fourth-order valence-corrected chi connectivity index (χ4v) is 1.30. The van der Waals surface area contributed by atoms with Crippen molar-refractivity contribution >= 4 is 5.91 Å². The Morgan fingerprint density at radius 2 is 2.15 bits per heavy atom. The molecule has 0 aromatic carbocycles. The molecule has 1 rings (SSSR count). The highest BCUT2D eigenvalue weighted by atomic mass is 16.3. The van der Waals surface area contributed by atoms with Gasteiger partial charge in [0.25, 0.3) is 0 Å². The lowest BCUT2D eigenvalue weighted by molar-refractivity contribution is -0.133. The summed E-state index contributed by atoms with van der Waals surface area (Å²) in [5.41, 5.74) is 0. The van der Waals surface area contributed by atoms with Crippen LogP contribution in [0.25, 0.3) is 0 Å². The van der Waals surface area contributed by atoms with Gasteiger partial charge < -0.3 is 15.3 Å². The average Bonchev–Trinajstić information content (AvgIpc) is 2.19. The van der Waals surface area contributed by atoms with E-state index in [4.69, 9.17) is 5.11 Å². The summed E-state index contributed by atoms with van der Waals surface area (Å²) in [6.07, 6.45) is 0. The third-order valence-electron chi connectivity index (χ3n) is 2.12. The highest BCUT2D eigenvalue weighted by Gasteiger charge is 2.16. The zero-order valence-electron chi connectivity index (χ0n) is 7.99. The lowest BCUT2D eigenvalue weighted by atomic mass is 10.3. The monoisotopic (exact) mass is 187 g/mol. The van der Waals surface area contributed by atoms with Gasteiger partial charge in [-0.05, 0) is 7.05 Å². The molecule has 0 aromatic rings. The molecule has 0 atom stereocenters. The molecule has 1 aliphatic heterocycles. The Balaban J connectivity index is 2.29. The molecule has 0 bridgehead atoms. The van der Waals surface area contributed by atoms with Gasteiger partial charge in [0, 0.05) is 26.2 Å². The van der Waals surface area contributed by atoms with Crippen molar-refractivity contribution in [2.24, 2.45) is 0 Å². The van der Waals surface area contributed by atoms with Crippen molar-refractivity contribution in [2.45, 2.75) is 0 Å². The molecule has 5 nitrogen and oxygen atoms in total. The lowest BCUT2D eigenvalue weighted by Crippen LogP contribution is -2.49. The predicted molar refractivity (Wildman–Crippen MR) is 49.2 cm³/mol. The highest BCUT2D eigenvalue weighted by molar-refractivity contribution is 5.78. The van der Waals surface area contributed by atoms with Crippen molar-refractivity contribution in [1.29, 1.82) is 0 Å². The van der Waals surface area contributed by atoms with E-state index < -0.39 is 0 Å². The van der Waals surface area contributed by atoms with Crippen molar-refractivity contribution in [1.82, 2.24) is 15.1 Å². The van der Waals surface area contributed by atoms with Crippen LogP contribution in [0.15, 0.2) is 0 Å². The molecule has 13 heavy (non-hydrogen) atoms. The number of carbonyl (C=O) groups excluding carboxylic acids is 1. The summed E-state index contributed by atoms with van der Waals surface area (Å²) in [5.74, 6) is 0.0954. The van der Waals surface area contributed by atoms with E-state index in [2.05, 4.69) is 5.32 Å². The van der Waals surface area contributed by atoms with Gasteiger partial charge in [-0.2, -0.15) is 0 Å². The SMILES string of the molecule is CN(CO)CC(=O)N1CCNCC1. The van der Waals surface area contributed by atoms with Crippen LogP contribution >= 0.6 is 0 Å². The first kappa shape index (κ1) is 10.4. The van der Waals surface area contributed by atoms with Crippen LogP contribution < -0.4 is 5.32 Å². The van der Waals surface area contributed by atoms with Crippen LogP contribution in [0.1, 0.15) is 0 Å². The molecule has 0 aromatic heterocycles. The summed E-state index contributed by atoms with van der Waals surface area (Å²) in [6, 6.07) is 0. The standard InChI is InChI=1S/C8H17N3O2/c1-10(7-12)6-8(13)11-4-2-9-3-5-11/h9,12H,2-7H2,1H3. The molecule has 1 aliphatic rings. The largest absolute Gasteiger partial charge is 0.381 e. The molecular weight excluding hydrogens is 170 g/mol. The maximum atomic E-state index is 11.5. The van der Waals surface area contributed by atoms with Crippen LogP contribution in [0.3, 0.4) is 0 Å². The zero-order chi connectivity index (χ0) is 9.68. The predicted octanol–water partition coefficient (Wildman–Crippen LogP) is -1.70. The molecule has 1 amide bonds. The molecular formula is C8H17N3O2. The van der Waals surface area contributed by atoms with Gasteiger partial charge in [-0.15, -0.1) is 0 Å². The van der Waals surface area contributed by atoms with Crippen molar-refractivity contribution < 1.29 is 9.90 Å².